The molecule has 4 nitrogen and oxygen atoms in total. The van der Waals surface area contributed by atoms with Crippen LogP contribution in [0.1, 0.15) is 6.92 Å². The van der Waals surface area contributed by atoms with E-state index in [4.69, 9.17) is 4.84 Å². The molecule has 10 heavy (non-hydrogen) atoms. The van der Waals surface area contributed by atoms with E-state index >= 15 is 0 Å². The van der Waals surface area contributed by atoms with Crippen molar-refractivity contribution in [3.8, 4) is 0 Å². The maximum Gasteiger partial charge on any atom is 0.322 e. The summed E-state index contributed by atoms with van der Waals surface area (Å²) in [6, 6.07) is 0. The van der Waals surface area contributed by atoms with Gasteiger partial charge in [-0.25, -0.2) is 5.32 Å². The van der Waals surface area contributed by atoms with Gasteiger partial charge < -0.3 is 4.84 Å². The first-order valence-corrected chi connectivity index (χ1v) is 3.36. The highest BCUT2D eigenvalue weighted by atomic mass is 16.7. The van der Waals surface area contributed by atoms with E-state index in [-0.39, 0.29) is 5.97 Å². The lowest BCUT2D eigenvalue weighted by Gasteiger charge is -2.23. The summed E-state index contributed by atoms with van der Waals surface area (Å²) in [5.74, 6) is -0.248. The molecule has 1 aliphatic rings. The number of hydroxylamine groups is 2. The molecule has 0 saturated carbocycles. The average Bonchev–Trinajstić information content (AvgIpc) is 1.88. The molecule has 0 N–H and O–H groups in total. The van der Waals surface area contributed by atoms with Crippen molar-refractivity contribution in [2.75, 3.05) is 26.2 Å². The van der Waals surface area contributed by atoms with Crippen LogP contribution in [0.25, 0.3) is 0 Å². The van der Waals surface area contributed by atoms with Crippen LogP contribution in [0.5, 0.6) is 0 Å². The van der Waals surface area contributed by atoms with Gasteiger partial charge in [0.1, 0.15) is 0 Å². The number of carbonyl (C=O) groups excluding carboxylic acids is 1. The Bertz CT molecular complexity index is 121. The van der Waals surface area contributed by atoms with Gasteiger partial charge in [-0.3, -0.25) is 4.79 Å². The lowest BCUT2D eigenvalue weighted by molar-refractivity contribution is -0.190. The van der Waals surface area contributed by atoms with Gasteiger partial charge in [-0.1, -0.05) is 0 Å². The van der Waals surface area contributed by atoms with Crippen LogP contribution in [0.4, 0.5) is 0 Å². The Balaban J connectivity index is 2.19. The van der Waals surface area contributed by atoms with Gasteiger partial charge in [-0.2, -0.15) is 0 Å². The predicted molar refractivity (Wildman–Crippen MR) is 35.2 cm³/mol. The molecule has 0 aromatic carbocycles. The molecule has 0 amide bonds. The second-order valence-corrected chi connectivity index (χ2v) is 2.18. The number of hydrogen-bond donors (Lipinski definition) is 0. The van der Waals surface area contributed by atoms with Crippen LogP contribution >= 0.6 is 0 Å². The lowest BCUT2D eigenvalue weighted by atomic mass is 10.4. The zero-order valence-electron chi connectivity index (χ0n) is 6.04. The van der Waals surface area contributed by atoms with Crippen LogP contribution in [0.2, 0.25) is 0 Å². The van der Waals surface area contributed by atoms with Gasteiger partial charge in [0.25, 0.3) is 0 Å². The van der Waals surface area contributed by atoms with E-state index in [1.807, 2.05) is 0 Å². The van der Waals surface area contributed by atoms with Gasteiger partial charge >= 0.3 is 5.97 Å². The van der Waals surface area contributed by atoms with Gasteiger partial charge in [-0.15, -0.1) is 5.06 Å². The predicted octanol–water partition coefficient (Wildman–Crippen LogP) is -0.616. The monoisotopic (exact) mass is 143 g/mol. The molecule has 0 aromatic rings. The Morgan fingerprint density at radius 3 is 2.60 bits per heavy atom. The largest absolute Gasteiger partial charge is 0.368 e. The van der Waals surface area contributed by atoms with Gasteiger partial charge in [0.05, 0.1) is 0 Å². The molecule has 0 unspecified atom stereocenters. The van der Waals surface area contributed by atoms with Crippen molar-refractivity contribution in [3.05, 3.63) is 0 Å². The van der Waals surface area contributed by atoms with E-state index in [0.29, 0.717) is 0 Å². The topological polar surface area (TPSA) is 43.6 Å². The van der Waals surface area contributed by atoms with Crippen LogP contribution in [-0.2, 0) is 9.63 Å². The normalized spacial score (nSPS) is 20.5. The van der Waals surface area contributed by atoms with Gasteiger partial charge in [0.2, 0.25) is 0 Å². The molecule has 57 valence electrons. The number of hydrogen-bond acceptors (Lipinski definition) is 3. The lowest BCUT2D eigenvalue weighted by Crippen LogP contribution is -2.40. The Morgan fingerprint density at radius 1 is 1.50 bits per heavy atom. The van der Waals surface area contributed by atoms with Crippen LogP contribution in [0, 0.1) is 0 Å². The highest BCUT2D eigenvalue weighted by Crippen LogP contribution is 1.93. The summed E-state index contributed by atoms with van der Waals surface area (Å²) in [6.45, 7) is 4.42. The third-order valence-corrected chi connectivity index (χ3v) is 1.27. The third kappa shape index (κ3) is 2.33. The van der Waals surface area contributed by atoms with Crippen molar-refractivity contribution >= 4 is 5.97 Å². The highest BCUT2D eigenvalue weighted by molar-refractivity contribution is 5.65. The summed E-state index contributed by atoms with van der Waals surface area (Å²) >= 11 is 0. The van der Waals surface area contributed by atoms with Gasteiger partial charge in [0.15, 0.2) is 0 Å². The van der Waals surface area contributed by atoms with E-state index in [9.17, 15) is 4.79 Å². The minimum atomic E-state index is -0.248. The van der Waals surface area contributed by atoms with E-state index < -0.39 is 0 Å². The quantitative estimate of drug-likeness (QED) is 0.491. The van der Waals surface area contributed by atoms with Crippen molar-refractivity contribution in [1.82, 2.24) is 10.4 Å². The van der Waals surface area contributed by atoms with Crippen molar-refractivity contribution in [2.45, 2.75) is 6.92 Å². The van der Waals surface area contributed by atoms with Gasteiger partial charge in [0, 0.05) is 33.1 Å². The number of rotatable bonds is 1. The molecular formula is C6H11N2O2. The van der Waals surface area contributed by atoms with E-state index in [1.165, 1.54) is 6.92 Å². The summed E-state index contributed by atoms with van der Waals surface area (Å²) < 4.78 is 0. The van der Waals surface area contributed by atoms with Crippen LogP contribution in [-0.4, -0.2) is 37.2 Å². The van der Waals surface area contributed by atoms with E-state index in [1.54, 1.807) is 5.06 Å². The standard InChI is InChI=1S/C6H11N2O2/c1-6(9)10-8-4-2-7-3-5-8/h2-5H2,1H3. The average molecular weight is 143 g/mol. The van der Waals surface area contributed by atoms with Crippen molar-refractivity contribution in [2.24, 2.45) is 0 Å². The molecule has 0 aromatic heterocycles. The molecule has 0 aliphatic carbocycles. The molecule has 4 heteroatoms. The van der Waals surface area contributed by atoms with Crippen molar-refractivity contribution in [3.63, 3.8) is 0 Å². The van der Waals surface area contributed by atoms with E-state index in [2.05, 4.69) is 5.32 Å². The number of carbonyl (C=O) groups is 1. The van der Waals surface area contributed by atoms with Gasteiger partial charge in [-0.05, 0) is 0 Å². The third-order valence-electron chi connectivity index (χ3n) is 1.27. The fraction of sp³-hybridized carbons (Fsp3) is 0.833. The molecule has 1 rings (SSSR count). The Kier molecular flexibility index (Phi) is 2.65. The first-order chi connectivity index (χ1) is 4.79. The Labute approximate surface area is 60.1 Å². The minimum Gasteiger partial charge on any atom is -0.368 e. The second kappa shape index (κ2) is 3.53. The number of nitrogens with zero attached hydrogens (tertiary/aromatic N) is 2. The summed E-state index contributed by atoms with van der Waals surface area (Å²) in [7, 11) is 0. The molecular weight excluding hydrogens is 132 g/mol. The Morgan fingerprint density at radius 2 is 2.10 bits per heavy atom. The fourth-order valence-electron chi connectivity index (χ4n) is 0.861. The first kappa shape index (κ1) is 7.50. The first-order valence-electron chi connectivity index (χ1n) is 3.36. The Hall–Kier alpha value is -0.610. The number of piperazine rings is 1. The summed E-state index contributed by atoms with van der Waals surface area (Å²) in [4.78, 5) is 15.2. The molecule has 1 aliphatic heterocycles. The van der Waals surface area contributed by atoms with Crippen molar-refractivity contribution in [1.29, 1.82) is 0 Å². The van der Waals surface area contributed by atoms with Crippen molar-refractivity contribution < 1.29 is 9.63 Å². The highest BCUT2D eigenvalue weighted by Gasteiger charge is 2.11. The molecule has 1 fully saturated rings. The molecule has 0 atom stereocenters. The molecule has 1 saturated heterocycles. The van der Waals surface area contributed by atoms with Crippen LogP contribution in [0.3, 0.4) is 0 Å². The second-order valence-electron chi connectivity index (χ2n) is 2.18. The zero-order valence-corrected chi connectivity index (χ0v) is 6.04. The van der Waals surface area contributed by atoms with E-state index in [0.717, 1.165) is 26.2 Å². The minimum absolute atomic E-state index is 0.248. The van der Waals surface area contributed by atoms with Crippen LogP contribution < -0.4 is 5.32 Å². The zero-order chi connectivity index (χ0) is 7.40. The summed E-state index contributed by atoms with van der Waals surface area (Å²) in [5, 5.41) is 5.75. The molecule has 0 bridgehead atoms. The molecule has 1 radical (unpaired) electrons. The SMILES string of the molecule is CC(=O)ON1CC[N]CC1. The smallest absolute Gasteiger partial charge is 0.322 e. The van der Waals surface area contributed by atoms with Crippen LogP contribution in [0.15, 0.2) is 0 Å². The summed E-state index contributed by atoms with van der Waals surface area (Å²) in [6.07, 6.45) is 0. The molecule has 0 spiro atoms. The molecule has 1 heterocycles. The summed E-state index contributed by atoms with van der Waals surface area (Å²) in [5.41, 5.74) is 0. The maximum absolute atomic E-state index is 10.4. The fourth-order valence-corrected chi connectivity index (χ4v) is 0.861. The maximum atomic E-state index is 10.4.